The number of amides is 3. The van der Waals surface area contributed by atoms with Crippen LogP contribution in [0.4, 0.5) is 0 Å². The molecule has 5 atom stereocenters. The summed E-state index contributed by atoms with van der Waals surface area (Å²) >= 11 is 0. The third kappa shape index (κ3) is 5.12. The second-order valence-corrected chi connectivity index (χ2v) is 12.6. The molecule has 1 aromatic rings. The second kappa shape index (κ2) is 11.5. The molecule has 8 nitrogen and oxygen atoms in total. The van der Waals surface area contributed by atoms with Crippen LogP contribution in [-0.4, -0.2) is 86.6 Å². The van der Waals surface area contributed by atoms with Crippen LogP contribution in [-0.2, 0) is 25.7 Å². The third-order valence-electron chi connectivity index (χ3n) is 8.85. The van der Waals surface area contributed by atoms with E-state index in [-0.39, 0.29) is 24.3 Å². The van der Waals surface area contributed by atoms with Crippen LogP contribution >= 0.6 is 0 Å². The number of fused-ring (bicyclic) bond motifs is 1. The van der Waals surface area contributed by atoms with E-state index in [0.717, 1.165) is 5.56 Å². The third-order valence-corrected chi connectivity index (χ3v) is 8.85. The van der Waals surface area contributed by atoms with Crippen LogP contribution in [0, 0.1) is 11.8 Å². The van der Waals surface area contributed by atoms with E-state index >= 15 is 0 Å². The van der Waals surface area contributed by atoms with E-state index in [1.165, 1.54) is 0 Å². The van der Waals surface area contributed by atoms with E-state index in [1.54, 1.807) is 26.9 Å². The summed E-state index contributed by atoms with van der Waals surface area (Å²) in [4.78, 5) is 48.2. The van der Waals surface area contributed by atoms with Crippen molar-refractivity contribution < 1.29 is 24.2 Å². The Balaban J connectivity index is 1.75. The van der Waals surface area contributed by atoms with E-state index in [1.807, 2.05) is 58.0 Å². The number of hydrogen-bond acceptors (Lipinski definition) is 5. The predicted octanol–water partition coefficient (Wildman–Crippen LogP) is 3.55. The largest absolute Gasteiger partial charge is 0.396 e. The van der Waals surface area contributed by atoms with Gasteiger partial charge in [0.25, 0.3) is 0 Å². The zero-order valence-corrected chi connectivity index (χ0v) is 24.5. The first-order valence-electron chi connectivity index (χ1n) is 14.4. The zero-order valence-electron chi connectivity index (χ0n) is 24.5. The van der Waals surface area contributed by atoms with Gasteiger partial charge < -0.3 is 24.5 Å². The fraction of sp³-hybridized carbons (Fsp3) is 0.594. The van der Waals surface area contributed by atoms with Gasteiger partial charge in [-0.1, -0.05) is 42.5 Å². The fourth-order valence-electron chi connectivity index (χ4n) is 7.08. The predicted molar refractivity (Wildman–Crippen MR) is 154 cm³/mol. The zero-order chi connectivity index (χ0) is 29.3. The molecule has 3 aliphatic heterocycles. The van der Waals surface area contributed by atoms with Crippen molar-refractivity contribution in [2.45, 2.75) is 82.7 Å². The number of aliphatic hydroxyl groups excluding tert-OH is 1. The summed E-state index contributed by atoms with van der Waals surface area (Å²) in [6.45, 7) is 16.9. The molecule has 3 saturated heterocycles. The molecule has 2 unspecified atom stereocenters. The highest BCUT2D eigenvalue weighted by Gasteiger charge is 2.78. The minimum Gasteiger partial charge on any atom is -0.396 e. The molecule has 218 valence electrons. The minimum atomic E-state index is -1.08. The maximum Gasteiger partial charge on any atom is 0.249 e. The number of carbonyl (C=O) groups is 3. The molecule has 40 heavy (non-hydrogen) atoms. The summed E-state index contributed by atoms with van der Waals surface area (Å²) in [5.41, 5.74) is -1.46. The number of likely N-dealkylation sites (tertiary alicyclic amines) is 1. The molecule has 3 fully saturated rings. The number of benzene rings is 1. The van der Waals surface area contributed by atoms with Crippen LogP contribution in [0.5, 0.6) is 0 Å². The van der Waals surface area contributed by atoms with Crippen molar-refractivity contribution in [3.63, 3.8) is 0 Å². The summed E-state index contributed by atoms with van der Waals surface area (Å²) in [6.07, 6.45) is 5.59. The van der Waals surface area contributed by atoms with Gasteiger partial charge in [0.15, 0.2) is 0 Å². The van der Waals surface area contributed by atoms with E-state index in [2.05, 4.69) is 13.2 Å². The summed E-state index contributed by atoms with van der Waals surface area (Å²) in [6, 6.07) is 8.92. The molecule has 8 heteroatoms. The molecule has 1 spiro atoms. The number of aliphatic hydroxyl groups is 1. The lowest BCUT2D eigenvalue weighted by atomic mass is 9.66. The quantitative estimate of drug-likeness (QED) is 0.317. The van der Waals surface area contributed by atoms with Crippen molar-refractivity contribution in [1.29, 1.82) is 0 Å². The van der Waals surface area contributed by atoms with Gasteiger partial charge in [-0.25, -0.2) is 0 Å². The Hall–Kier alpha value is -2.97. The molecule has 0 radical (unpaired) electrons. The Morgan fingerprint density at radius 2 is 1.77 bits per heavy atom. The van der Waals surface area contributed by atoms with Gasteiger partial charge in [-0.05, 0) is 58.9 Å². The van der Waals surface area contributed by atoms with Gasteiger partial charge in [0, 0.05) is 38.3 Å². The number of ether oxygens (including phenoxy) is 1. The average molecular weight is 552 g/mol. The van der Waals surface area contributed by atoms with Gasteiger partial charge in [0.05, 0.1) is 17.4 Å². The first kappa shape index (κ1) is 30.0. The molecule has 0 aliphatic carbocycles. The standard InChI is InChI=1S/C32H45N3O5/c1-7-18-33(22-23-14-10-9-11-15-23)27(37)24-25-28(38)34(20-12-13-21-36)26(32(25)17-16-31(24,6)40-32)29(39)35(19-8-2)30(3,4)5/h7-11,14-15,24-26,36H,1-2,12-13,16-22H2,3-6H3/t24-,25-,26?,31+,32?/m0/s1. The van der Waals surface area contributed by atoms with Gasteiger partial charge in [-0.2, -0.15) is 0 Å². The van der Waals surface area contributed by atoms with E-state index in [9.17, 15) is 19.5 Å². The van der Waals surface area contributed by atoms with Crippen molar-refractivity contribution in [2.24, 2.45) is 11.8 Å². The summed E-state index contributed by atoms with van der Waals surface area (Å²) in [5.74, 6) is -2.00. The number of nitrogens with zero attached hydrogens (tertiary/aromatic N) is 3. The van der Waals surface area contributed by atoms with E-state index in [4.69, 9.17) is 4.74 Å². The Morgan fingerprint density at radius 1 is 1.10 bits per heavy atom. The summed E-state index contributed by atoms with van der Waals surface area (Å²) in [7, 11) is 0. The lowest BCUT2D eigenvalue weighted by Gasteiger charge is -2.42. The molecule has 0 saturated carbocycles. The normalized spacial score (nSPS) is 28.9. The van der Waals surface area contributed by atoms with Gasteiger partial charge in [0.2, 0.25) is 17.7 Å². The first-order chi connectivity index (χ1) is 18.9. The first-order valence-corrected chi connectivity index (χ1v) is 14.4. The molecule has 2 bridgehead atoms. The molecule has 4 rings (SSSR count). The highest BCUT2D eigenvalue weighted by atomic mass is 16.5. The number of rotatable bonds is 12. The molecule has 3 heterocycles. The Kier molecular flexibility index (Phi) is 8.62. The molecule has 3 aliphatic rings. The fourth-order valence-corrected chi connectivity index (χ4v) is 7.08. The smallest absolute Gasteiger partial charge is 0.249 e. The van der Waals surface area contributed by atoms with Gasteiger partial charge in [-0.15, -0.1) is 13.2 Å². The maximum atomic E-state index is 14.4. The lowest BCUT2D eigenvalue weighted by Crippen LogP contribution is -2.60. The monoisotopic (exact) mass is 551 g/mol. The van der Waals surface area contributed by atoms with Crippen LogP contribution in [0.25, 0.3) is 0 Å². The molecule has 1 N–H and O–H groups in total. The van der Waals surface area contributed by atoms with Crippen LogP contribution in [0.1, 0.15) is 58.9 Å². The van der Waals surface area contributed by atoms with Crippen LogP contribution in [0.15, 0.2) is 55.6 Å². The molecule has 1 aromatic carbocycles. The second-order valence-electron chi connectivity index (χ2n) is 12.6. The summed E-state index contributed by atoms with van der Waals surface area (Å²) < 4.78 is 6.81. The van der Waals surface area contributed by atoms with Crippen LogP contribution in [0.3, 0.4) is 0 Å². The SMILES string of the molecule is C=CCN(Cc1ccccc1)C(=O)[C@@H]1[C@H]2C(=O)N(CCCCO)C(C(=O)N(CC=C)C(C)(C)C)C23CC[C@@]1(C)O3. The van der Waals surface area contributed by atoms with Crippen LogP contribution in [0.2, 0.25) is 0 Å². The molecule has 3 amide bonds. The van der Waals surface area contributed by atoms with Crippen molar-refractivity contribution in [2.75, 3.05) is 26.2 Å². The maximum absolute atomic E-state index is 14.4. The lowest BCUT2D eigenvalue weighted by molar-refractivity contribution is -0.156. The molecular weight excluding hydrogens is 506 g/mol. The highest BCUT2D eigenvalue weighted by molar-refractivity contribution is 5.99. The summed E-state index contributed by atoms with van der Waals surface area (Å²) in [5, 5.41) is 9.42. The van der Waals surface area contributed by atoms with E-state index in [0.29, 0.717) is 51.9 Å². The number of carbonyl (C=O) groups excluding carboxylic acids is 3. The van der Waals surface area contributed by atoms with Crippen molar-refractivity contribution in [3.05, 3.63) is 61.2 Å². The highest BCUT2D eigenvalue weighted by Crippen LogP contribution is 2.63. The molecular formula is C32H45N3O5. The van der Waals surface area contributed by atoms with Gasteiger partial charge in [-0.3, -0.25) is 14.4 Å². The minimum absolute atomic E-state index is 0.00543. The Labute approximate surface area is 238 Å². The number of hydrogen-bond donors (Lipinski definition) is 1. The van der Waals surface area contributed by atoms with Crippen molar-refractivity contribution in [1.82, 2.24) is 14.7 Å². The van der Waals surface area contributed by atoms with Crippen molar-refractivity contribution >= 4 is 17.7 Å². The van der Waals surface area contributed by atoms with E-state index < -0.39 is 34.6 Å². The Morgan fingerprint density at radius 3 is 2.38 bits per heavy atom. The van der Waals surface area contributed by atoms with Crippen LogP contribution < -0.4 is 0 Å². The van der Waals surface area contributed by atoms with Gasteiger partial charge >= 0.3 is 0 Å². The van der Waals surface area contributed by atoms with Crippen molar-refractivity contribution in [3.8, 4) is 0 Å². The topological polar surface area (TPSA) is 90.4 Å². The van der Waals surface area contributed by atoms with Gasteiger partial charge in [0.1, 0.15) is 11.6 Å². The molecule has 0 aromatic heterocycles. The number of unbranched alkanes of at least 4 members (excludes halogenated alkanes) is 1. The Bertz CT molecular complexity index is 1130. The average Bonchev–Trinajstić information content (AvgIpc) is 3.47.